The summed E-state index contributed by atoms with van der Waals surface area (Å²) < 4.78 is 9.51. The number of rotatable bonds is 7. The van der Waals surface area contributed by atoms with Crippen LogP contribution in [-0.4, -0.2) is 24.7 Å². The van der Waals surface area contributed by atoms with E-state index < -0.39 is 5.20 Å². The summed E-state index contributed by atoms with van der Waals surface area (Å²) in [6.07, 6.45) is 1.90. The normalized spacial score (nSPS) is 12.6. The van der Waals surface area contributed by atoms with Crippen LogP contribution in [0.15, 0.2) is 132 Å². The number of carbonyl (C=O) groups excluding carboxylic acids is 1. The molecule has 292 valence electrons. The van der Waals surface area contributed by atoms with Crippen LogP contribution in [0.4, 0.5) is 0 Å². The molecule has 0 saturated carbocycles. The molecule has 0 atom stereocenters. The number of fused-ring (bicyclic) bond motifs is 1. The highest BCUT2D eigenvalue weighted by Gasteiger charge is 2.21. The Morgan fingerprint density at radius 2 is 1.20 bits per heavy atom. The summed E-state index contributed by atoms with van der Waals surface area (Å²) in [6, 6.07) is 44.5. The van der Waals surface area contributed by atoms with Crippen molar-refractivity contribution < 1.29 is 9.36 Å². The number of carbonyl (C=O) groups is 1. The summed E-state index contributed by atoms with van der Waals surface area (Å²) in [5.41, 5.74) is 9.84. The molecule has 0 aliphatic carbocycles. The summed E-state index contributed by atoms with van der Waals surface area (Å²) in [5, 5.41) is -0.200. The maximum atomic E-state index is 12.3. The molecule has 0 unspecified atom stereocenters. The zero-order valence-corrected chi connectivity index (χ0v) is 37.4. The summed E-state index contributed by atoms with van der Waals surface area (Å²) in [6.45, 7) is 14.8. The largest absolute Gasteiger partial charge is 0.352 e. The monoisotopic (exact) mass is 860 g/mol. The first-order valence-electron chi connectivity index (χ1n) is 18.5. The summed E-state index contributed by atoms with van der Waals surface area (Å²) in [4.78, 5) is 22.5. The van der Waals surface area contributed by atoms with E-state index in [-0.39, 0.29) is 16.7 Å². The Morgan fingerprint density at radius 3 is 1.73 bits per heavy atom. The lowest BCUT2D eigenvalue weighted by Crippen LogP contribution is -2.25. The summed E-state index contributed by atoms with van der Waals surface area (Å²) >= 11 is 17.5. The van der Waals surface area contributed by atoms with Crippen LogP contribution in [0.3, 0.4) is 0 Å². The zero-order chi connectivity index (χ0) is 40.5. The fraction of sp³-hybridized carbons (Fsp3) is 0.261. The minimum absolute atomic E-state index is 0.00898. The van der Waals surface area contributed by atoms with Gasteiger partial charge in [-0.15, -0.1) is 22.7 Å². The van der Waals surface area contributed by atoms with Crippen molar-refractivity contribution in [2.75, 3.05) is 13.1 Å². The number of nitrogens with zero attached hydrogens (tertiary/aromatic N) is 1. The second kappa shape index (κ2) is 19.3. The van der Waals surface area contributed by atoms with Gasteiger partial charge in [-0.05, 0) is 104 Å². The van der Waals surface area contributed by atoms with Crippen LogP contribution in [0.5, 0.6) is 0 Å². The molecule has 3 heterocycles. The molecule has 0 spiro atoms. The predicted molar refractivity (Wildman–Crippen MR) is 245 cm³/mol. The maximum Gasteiger partial charge on any atom is 0.339 e. The number of thiophene rings is 2. The van der Waals surface area contributed by atoms with E-state index in [0.717, 1.165) is 25.1 Å². The van der Waals surface area contributed by atoms with E-state index in [1.165, 1.54) is 52.9 Å². The number of benzene rings is 4. The smallest absolute Gasteiger partial charge is 0.339 e. The van der Waals surface area contributed by atoms with Gasteiger partial charge in [0.05, 0.1) is 5.71 Å². The third-order valence-electron chi connectivity index (χ3n) is 9.15. The number of amides is 1. The highest BCUT2D eigenvalue weighted by Crippen LogP contribution is 2.61. The second-order valence-corrected chi connectivity index (χ2v) is 24.4. The third kappa shape index (κ3) is 13.0. The molecule has 6 aromatic rings. The molecular weight excluding hydrogens is 814 g/mol. The highest BCUT2D eigenvalue weighted by molar-refractivity contribution is 8.24. The fourth-order valence-corrected chi connectivity index (χ4v) is 8.25. The van der Waals surface area contributed by atoms with Gasteiger partial charge < -0.3 is 5.32 Å². The van der Waals surface area contributed by atoms with Crippen molar-refractivity contribution in [3.63, 3.8) is 0 Å². The molecule has 1 aliphatic rings. The van der Waals surface area contributed by atoms with Gasteiger partial charge in [0.15, 0.2) is 0 Å². The number of halogens is 3. The average molecular weight is 862 g/mol. The lowest BCUT2D eigenvalue weighted by atomic mass is 9.86. The maximum absolute atomic E-state index is 12.3. The number of aliphatic imine (C=N–C) groups is 1. The Labute approximate surface area is 354 Å². The van der Waals surface area contributed by atoms with E-state index in [9.17, 15) is 9.36 Å². The molecule has 0 radical (unpaired) electrons. The van der Waals surface area contributed by atoms with Crippen LogP contribution in [0.2, 0.25) is 0 Å². The molecule has 0 bridgehead atoms. The van der Waals surface area contributed by atoms with Crippen molar-refractivity contribution in [1.82, 2.24) is 5.32 Å². The number of hydrogen-bond donors (Lipinski definition) is 1. The quantitative estimate of drug-likeness (QED) is 0.163. The van der Waals surface area contributed by atoms with Gasteiger partial charge >= 0.3 is 5.20 Å². The van der Waals surface area contributed by atoms with Gasteiger partial charge in [0.2, 0.25) is 0 Å². The van der Waals surface area contributed by atoms with E-state index >= 15 is 0 Å². The van der Waals surface area contributed by atoms with Crippen molar-refractivity contribution in [2.24, 2.45) is 4.99 Å². The van der Waals surface area contributed by atoms with Gasteiger partial charge in [-0.25, -0.2) is 0 Å². The summed E-state index contributed by atoms with van der Waals surface area (Å²) in [5.74, 6) is -0.00898. The molecule has 1 N–H and O–H groups in total. The molecule has 10 heteroatoms. The standard InChI is InChI=1S/C23H25NOS.C23H23NS.Cl3OP/c1-23(2,3)19-11-9-18(10-12-19)22(25)24-16-15-20-13-14-21(26-20)17-7-5-4-6-8-17;1-23(2,3)18-11-9-17(10-12-18)22-19-15-21(16-7-5-4-6-8-16)25-20(19)13-14-24-22;1-5(2,3)4/h4-14H,15-16H2,1-3H3,(H,24,25);4-12,15H,13-14H2,1-3H3;. The topological polar surface area (TPSA) is 58.5 Å². The molecule has 0 fully saturated rings. The Kier molecular flexibility index (Phi) is 15.0. The first-order valence-corrected chi connectivity index (χ1v) is 24.6. The second-order valence-electron chi connectivity index (χ2n) is 15.5. The Bertz CT molecular complexity index is 2260. The van der Waals surface area contributed by atoms with E-state index in [0.29, 0.717) is 12.1 Å². The minimum atomic E-state index is -3.22. The summed E-state index contributed by atoms with van der Waals surface area (Å²) in [7, 11) is 0. The van der Waals surface area contributed by atoms with Crippen LogP contribution in [0, 0.1) is 0 Å². The lowest BCUT2D eigenvalue weighted by molar-refractivity contribution is 0.0954. The molecular formula is C46H48Cl3N2O2PS2. The Hall–Kier alpha value is -3.48. The first kappa shape index (κ1) is 43.6. The van der Waals surface area contributed by atoms with Gasteiger partial charge in [0.1, 0.15) is 0 Å². The molecule has 4 nitrogen and oxygen atoms in total. The molecule has 0 saturated heterocycles. The van der Waals surface area contributed by atoms with Crippen molar-refractivity contribution in [3.05, 3.63) is 165 Å². The van der Waals surface area contributed by atoms with Gasteiger partial charge in [-0.3, -0.25) is 14.4 Å². The van der Waals surface area contributed by atoms with E-state index in [1.54, 1.807) is 11.3 Å². The zero-order valence-electron chi connectivity index (χ0n) is 32.6. The van der Waals surface area contributed by atoms with Gasteiger partial charge in [0.25, 0.3) is 5.91 Å². The molecule has 2 aromatic heterocycles. The van der Waals surface area contributed by atoms with Crippen LogP contribution < -0.4 is 5.32 Å². The third-order valence-corrected chi connectivity index (χ3v) is 11.6. The van der Waals surface area contributed by atoms with Crippen LogP contribution >= 0.6 is 61.6 Å². The average Bonchev–Trinajstić information content (AvgIpc) is 3.83. The highest BCUT2D eigenvalue weighted by atomic mass is 36.0. The van der Waals surface area contributed by atoms with Crippen LogP contribution in [0.25, 0.3) is 20.9 Å². The SMILES string of the molecule is CC(C)(C)c1ccc(C(=O)NCCc2ccc(-c3ccccc3)s2)cc1.CC(C)(C)c1ccc(C2=NCCc3sc(-c4ccccc4)cc32)cc1.O=P(Cl)(Cl)Cl. The van der Waals surface area contributed by atoms with Crippen molar-refractivity contribution in [1.29, 1.82) is 0 Å². The number of nitrogens with one attached hydrogen (secondary N) is 1. The first-order chi connectivity index (χ1) is 26.5. The van der Waals surface area contributed by atoms with Gasteiger partial charge in [-0.2, -0.15) is 0 Å². The van der Waals surface area contributed by atoms with Crippen LogP contribution in [-0.2, 0) is 28.2 Å². The Morgan fingerprint density at radius 1 is 0.679 bits per heavy atom. The Balaban J connectivity index is 0.000000191. The lowest BCUT2D eigenvalue weighted by Gasteiger charge is -2.20. The minimum Gasteiger partial charge on any atom is -0.352 e. The molecule has 7 rings (SSSR count). The molecule has 1 aliphatic heterocycles. The van der Waals surface area contributed by atoms with E-state index in [2.05, 4.69) is 178 Å². The molecule has 1 amide bonds. The van der Waals surface area contributed by atoms with Gasteiger partial charge in [-0.1, -0.05) is 139 Å². The van der Waals surface area contributed by atoms with Crippen molar-refractivity contribution in [2.45, 2.75) is 65.2 Å². The predicted octanol–water partition coefficient (Wildman–Crippen LogP) is 14.6. The van der Waals surface area contributed by atoms with Gasteiger partial charge in [0, 0.05) is 55.7 Å². The number of hydrogen-bond acceptors (Lipinski definition) is 5. The van der Waals surface area contributed by atoms with Crippen LogP contribution in [0.1, 0.15) is 83.9 Å². The van der Waals surface area contributed by atoms with E-state index in [4.69, 9.17) is 4.99 Å². The molecule has 4 aromatic carbocycles. The fourth-order valence-electron chi connectivity index (χ4n) is 6.08. The van der Waals surface area contributed by atoms with Crippen molar-refractivity contribution >= 4 is 73.2 Å². The van der Waals surface area contributed by atoms with Crippen molar-refractivity contribution in [3.8, 4) is 20.9 Å². The van der Waals surface area contributed by atoms with E-state index in [1.807, 2.05) is 41.7 Å². The molecule has 56 heavy (non-hydrogen) atoms.